The van der Waals surface area contributed by atoms with Gasteiger partial charge in [0, 0.05) is 24.2 Å². The van der Waals surface area contributed by atoms with E-state index >= 15 is 0 Å². The van der Waals surface area contributed by atoms with Crippen molar-refractivity contribution in [3.63, 3.8) is 0 Å². The monoisotopic (exact) mass is 269 g/mol. The van der Waals surface area contributed by atoms with Gasteiger partial charge in [-0.15, -0.1) is 0 Å². The van der Waals surface area contributed by atoms with Crippen LogP contribution >= 0.6 is 0 Å². The summed E-state index contributed by atoms with van der Waals surface area (Å²) in [6.07, 6.45) is 5.40. The molecular formula is C12H19N3O2S. The first-order valence-electron chi connectivity index (χ1n) is 6.60. The van der Waals surface area contributed by atoms with Crippen LogP contribution in [0.25, 0.3) is 0 Å². The second kappa shape index (κ2) is 4.35. The lowest BCUT2D eigenvalue weighted by Gasteiger charge is -2.18. The Morgan fingerprint density at radius 3 is 2.72 bits per heavy atom. The number of hydrogen-bond donors (Lipinski definition) is 1. The summed E-state index contributed by atoms with van der Waals surface area (Å²) in [5.41, 5.74) is 8.49. The molecule has 3 rings (SSSR count). The number of fused-ring (bicyclic) bond motifs is 1. The molecule has 100 valence electrons. The van der Waals surface area contributed by atoms with E-state index in [0.717, 1.165) is 29.8 Å². The largest absolute Gasteiger partial charge is 0.325 e. The Balaban J connectivity index is 2.05. The van der Waals surface area contributed by atoms with Gasteiger partial charge in [0.25, 0.3) is 0 Å². The number of aromatic nitrogens is 2. The molecule has 1 saturated carbocycles. The highest BCUT2D eigenvalue weighted by Gasteiger charge is 2.31. The van der Waals surface area contributed by atoms with Crippen LogP contribution in [-0.4, -0.2) is 24.0 Å². The van der Waals surface area contributed by atoms with Crippen LogP contribution in [0.5, 0.6) is 0 Å². The average molecular weight is 269 g/mol. The van der Waals surface area contributed by atoms with E-state index in [1.54, 1.807) is 0 Å². The van der Waals surface area contributed by atoms with Gasteiger partial charge in [-0.2, -0.15) is 5.10 Å². The molecule has 1 aromatic rings. The Hall–Kier alpha value is -0.880. The summed E-state index contributed by atoms with van der Waals surface area (Å²) in [7, 11) is -2.95. The molecule has 0 radical (unpaired) electrons. The molecule has 6 heteroatoms. The molecule has 18 heavy (non-hydrogen) atoms. The lowest BCUT2D eigenvalue weighted by molar-refractivity contribution is 0.447. The van der Waals surface area contributed by atoms with Crippen LogP contribution < -0.4 is 5.73 Å². The standard InChI is InChI=1S/C12H19N3O2S/c13-7-11-10-8-18(16,17)6-5-12(10)15(14-11)9-3-1-2-4-9/h9H,1-8,13H2. The number of rotatable bonds is 2. The molecule has 0 saturated heterocycles. The fourth-order valence-electron chi connectivity index (χ4n) is 3.15. The number of nitrogens with zero attached hydrogens (tertiary/aromatic N) is 2. The Morgan fingerprint density at radius 2 is 2.06 bits per heavy atom. The molecule has 2 N–H and O–H groups in total. The first-order chi connectivity index (χ1) is 8.61. The summed E-state index contributed by atoms with van der Waals surface area (Å²) in [5, 5.41) is 4.59. The number of sulfone groups is 1. The highest BCUT2D eigenvalue weighted by molar-refractivity contribution is 7.90. The van der Waals surface area contributed by atoms with Gasteiger partial charge in [0.2, 0.25) is 0 Å². The Labute approximate surface area is 107 Å². The molecule has 0 amide bonds. The van der Waals surface area contributed by atoms with Crippen molar-refractivity contribution in [2.24, 2.45) is 5.73 Å². The number of nitrogens with two attached hydrogens (primary N) is 1. The van der Waals surface area contributed by atoms with Crippen molar-refractivity contribution in [3.05, 3.63) is 17.0 Å². The first-order valence-corrected chi connectivity index (χ1v) is 8.42. The minimum absolute atomic E-state index is 0.127. The molecule has 1 aromatic heterocycles. The van der Waals surface area contributed by atoms with Gasteiger partial charge in [0.1, 0.15) is 0 Å². The molecular weight excluding hydrogens is 250 g/mol. The minimum atomic E-state index is -2.95. The van der Waals surface area contributed by atoms with Crippen LogP contribution in [0.15, 0.2) is 0 Å². The lowest BCUT2D eigenvalue weighted by atomic mass is 10.1. The van der Waals surface area contributed by atoms with E-state index in [1.165, 1.54) is 12.8 Å². The lowest BCUT2D eigenvalue weighted by Crippen LogP contribution is -2.22. The summed E-state index contributed by atoms with van der Waals surface area (Å²) in [4.78, 5) is 0. The SMILES string of the molecule is NCc1nn(C2CCCC2)c2c1CS(=O)(=O)CC2. The van der Waals surface area contributed by atoms with E-state index in [2.05, 4.69) is 9.78 Å². The molecule has 0 aromatic carbocycles. The zero-order valence-electron chi connectivity index (χ0n) is 10.4. The van der Waals surface area contributed by atoms with Gasteiger partial charge in [-0.3, -0.25) is 4.68 Å². The third kappa shape index (κ3) is 1.97. The molecule has 0 atom stereocenters. The van der Waals surface area contributed by atoms with Gasteiger partial charge in [0.15, 0.2) is 9.84 Å². The Bertz CT molecular complexity index is 556. The minimum Gasteiger partial charge on any atom is -0.325 e. The van der Waals surface area contributed by atoms with Crippen molar-refractivity contribution in [2.75, 3.05) is 5.75 Å². The average Bonchev–Trinajstić information content (AvgIpc) is 2.93. The van der Waals surface area contributed by atoms with Crippen molar-refractivity contribution >= 4 is 9.84 Å². The van der Waals surface area contributed by atoms with Crippen LogP contribution in [0.1, 0.15) is 48.7 Å². The van der Waals surface area contributed by atoms with Crippen molar-refractivity contribution in [1.82, 2.24) is 9.78 Å². The van der Waals surface area contributed by atoms with E-state index in [4.69, 9.17) is 5.73 Å². The Kier molecular flexibility index (Phi) is 2.94. The van der Waals surface area contributed by atoms with Crippen LogP contribution in [0.4, 0.5) is 0 Å². The molecule has 1 fully saturated rings. The summed E-state index contributed by atoms with van der Waals surface area (Å²) in [6, 6.07) is 0.458. The van der Waals surface area contributed by atoms with Crippen LogP contribution in [0, 0.1) is 0 Å². The van der Waals surface area contributed by atoms with Crippen molar-refractivity contribution < 1.29 is 8.42 Å². The second-order valence-corrected chi connectivity index (χ2v) is 7.49. The summed E-state index contributed by atoms with van der Waals surface area (Å²) >= 11 is 0. The summed E-state index contributed by atoms with van der Waals surface area (Å²) < 4.78 is 25.6. The molecule has 5 nitrogen and oxygen atoms in total. The molecule has 1 aliphatic carbocycles. The predicted octanol–water partition coefficient (Wildman–Crippen LogP) is 0.928. The molecule has 0 unspecified atom stereocenters. The normalized spacial score (nSPS) is 23.2. The van der Waals surface area contributed by atoms with Crippen LogP contribution in [0.3, 0.4) is 0 Å². The third-order valence-electron chi connectivity index (χ3n) is 4.08. The van der Waals surface area contributed by atoms with Crippen LogP contribution in [-0.2, 0) is 28.6 Å². The first kappa shape index (κ1) is 12.2. The van der Waals surface area contributed by atoms with Crippen molar-refractivity contribution in [2.45, 2.75) is 50.4 Å². The number of hydrogen-bond acceptors (Lipinski definition) is 4. The zero-order chi connectivity index (χ0) is 12.8. The van der Waals surface area contributed by atoms with Gasteiger partial charge in [-0.05, 0) is 12.8 Å². The molecule has 0 bridgehead atoms. The zero-order valence-corrected chi connectivity index (χ0v) is 11.2. The third-order valence-corrected chi connectivity index (χ3v) is 5.63. The van der Waals surface area contributed by atoms with Gasteiger partial charge in [-0.1, -0.05) is 12.8 Å². The quantitative estimate of drug-likeness (QED) is 0.866. The molecule has 0 spiro atoms. The van der Waals surface area contributed by atoms with E-state index in [-0.39, 0.29) is 11.5 Å². The molecule has 2 heterocycles. The van der Waals surface area contributed by atoms with E-state index in [0.29, 0.717) is 19.0 Å². The second-order valence-electron chi connectivity index (χ2n) is 5.30. The van der Waals surface area contributed by atoms with Crippen LogP contribution in [0.2, 0.25) is 0 Å². The fourth-order valence-corrected chi connectivity index (χ4v) is 4.57. The predicted molar refractivity (Wildman–Crippen MR) is 68.8 cm³/mol. The van der Waals surface area contributed by atoms with E-state index in [1.807, 2.05) is 0 Å². The highest BCUT2D eigenvalue weighted by atomic mass is 32.2. The van der Waals surface area contributed by atoms with Gasteiger partial charge >= 0.3 is 0 Å². The maximum Gasteiger partial charge on any atom is 0.154 e. The van der Waals surface area contributed by atoms with Gasteiger partial charge in [0.05, 0.1) is 23.2 Å². The van der Waals surface area contributed by atoms with E-state index in [9.17, 15) is 8.42 Å². The maximum absolute atomic E-state index is 11.7. The van der Waals surface area contributed by atoms with Gasteiger partial charge < -0.3 is 5.73 Å². The fraction of sp³-hybridized carbons (Fsp3) is 0.750. The van der Waals surface area contributed by atoms with Crippen molar-refractivity contribution in [1.29, 1.82) is 0 Å². The maximum atomic E-state index is 11.7. The Morgan fingerprint density at radius 1 is 1.33 bits per heavy atom. The summed E-state index contributed by atoms with van der Waals surface area (Å²) in [6.45, 7) is 0.331. The summed E-state index contributed by atoms with van der Waals surface area (Å²) in [5.74, 6) is 0.379. The van der Waals surface area contributed by atoms with E-state index < -0.39 is 9.84 Å². The smallest absolute Gasteiger partial charge is 0.154 e. The van der Waals surface area contributed by atoms with Gasteiger partial charge in [-0.25, -0.2) is 8.42 Å². The highest BCUT2D eigenvalue weighted by Crippen LogP contribution is 2.33. The topological polar surface area (TPSA) is 78.0 Å². The molecule has 1 aliphatic heterocycles. The van der Waals surface area contributed by atoms with Crippen molar-refractivity contribution in [3.8, 4) is 0 Å². The molecule has 2 aliphatic rings.